The van der Waals surface area contributed by atoms with Crippen LogP contribution in [0, 0.1) is 0 Å². The number of unbranched alkanes of at least 4 members (excludes halogenated alkanes) is 36. The van der Waals surface area contributed by atoms with Gasteiger partial charge in [0.1, 0.15) is 13.2 Å². The molecule has 0 spiro atoms. The van der Waals surface area contributed by atoms with Crippen LogP contribution in [0.5, 0.6) is 0 Å². The largest absolute Gasteiger partial charge is 0.462 e. The molecule has 75 heavy (non-hydrogen) atoms. The molecule has 0 aromatic carbocycles. The molecule has 0 aliphatic rings. The van der Waals surface area contributed by atoms with Crippen LogP contribution in [0.25, 0.3) is 0 Å². The minimum Gasteiger partial charge on any atom is -0.462 e. The predicted octanol–water partition coefficient (Wildman–Crippen LogP) is 22.1. The Kier molecular flexibility index (Phi) is 60.7. The number of carbonyl (C=O) groups excluding carboxylic acids is 3. The molecule has 0 amide bonds. The van der Waals surface area contributed by atoms with Crippen molar-refractivity contribution < 1.29 is 28.6 Å². The number of hydrogen-bond acceptors (Lipinski definition) is 6. The topological polar surface area (TPSA) is 78.9 Å². The molecular formula is C69H122O6. The van der Waals surface area contributed by atoms with Crippen molar-refractivity contribution in [2.45, 2.75) is 335 Å². The second-order valence-electron chi connectivity index (χ2n) is 21.7. The summed E-state index contributed by atoms with van der Waals surface area (Å²) in [7, 11) is 0. The van der Waals surface area contributed by atoms with Crippen molar-refractivity contribution >= 4 is 17.9 Å². The number of allylic oxidation sites excluding steroid dienone is 12. The van der Waals surface area contributed by atoms with Crippen molar-refractivity contribution in [1.29, 1.82) is 0 Å². The van der Waals surface area contributed by atoms with E-state index >= 15 is 0 Å². The van der Waals surface area contributed by atoms with Crippen LogP contribution < -0.4 is 0 Å². The van der Waals surface area contributed by atoms with Crippen LogP contribution in [-0.4, -0.2) is 37.2 Å². The van der Waals surface area contributed by atoms with Crippen molar-refractivity contribution in [3.8, 4) is 0 Å². The average Bonchev–Trinajstić information content (AvgIpc) is 3.41. The zero-order chi connectivity index (χ0) is 54.3. The summed E-state index contributed by atoms with van der Waals surface area (Å²) in [6.45, 7) is 6.60. The fourth-order valence-electron chi connectivity index (χ4n) is 9.24. The van der Waals surface area contributed by atoms with Crippen LogP contribution >= 0.6 is 0 Å². The van der Waals surface area contributed by atoms with Gasteiger partial charge in [0.05, 0.1) is 0 Å². The van der Waals surface area contributed by atoms with E-state index in [1.165, 1.54) is 193 Å². The summed E-state index contributed by atoms with van der Waals surface area (Å²) in [5, 5.41) is 0. The molecule has 0 bridgehead atoms. The highest BCUT2D eigenvalue weighted by molar-refractivity contribution is 5.71. The molecule has 0 saturated heterocycles. The van der Waals surface area contributed by atoms with Crippen LogP contribution in [-0.2, 0) is 28.6 Å². The second-order valence-corrected chi connectivity index (χ2v) is 21.7. The van der Waals surface area contributed by atoms with Gasteiger partial charge in [-0.15, -0.1) is 0 Å². The molecule has 0 radical (unpaired) electrons. The molecule has 0 aliphatic carbocycles. The summed E-state index contributed by atoms with van der Waals surface area (Å²) >= 11 is 0. The first-order valence-corrected chi connectivity index (χ1v) is 32.4. The summed E-state index contributed by atoms with van der Waals surface area (Å²) in [4.78, 5) is 38.3. The lowest BCUT2D eigenvalue weighted by Crippen LogP contribution is -2.30. The first-order valence-electron chi connectivity index (χ1n) is 32.4. The zero-order valence-corrected chi connectivity index (χ0v) is 49.8. The number of ether oxygens (including phenoxy) is 3. The molecule has 0 heterocycles. The highest BCUT2D eigenvalue weighted by atomic mass is 16.6. The highest BCUT2D eigenvalue weighted by Crippen LogP contribution is 2.16. The van der Waals surface area contributed by atoms with Gasteiger partial charge in [-0.3, -0.25) is 14.4 Å². The first-order chi connectivity index (χ1) is 37.0. The van der Waals surface area contributed by atoms with Crippen LogP contribution in [0.15, 0.2) is 72.9 Å². The summed E-state index contributed by atoms with van der Waals surface area (Å²) in [5.41, 5.74) is 0. The van der Waals surface area contributed by atoms with Gasteiger partial charge in [-0.1, -0.05) is 267 Å². The average molecular weight is 1050 g/mol. The van der Waals surface area contributed by atoms with Crippen LogP contribution in [0.4, 0.5) is 0 Å². The van der Waals surface area contributed by atoms with Gasteiger partial charge in [0.15, 0.2) is 6.10 Å². The Bertz CT molecular complexity index is 1390. The predicted molar refractivity (Wildman–Crippen MR) is 325 cm³/mol. The monoisotopic (exact) mass is 1050 g/mol. The van der Waals surface area contributed by atoms with Crippen LogP contribution in [0.3, 0.4) is 0 Å². The van der Waals surface area contributed by atoms with Gasteiger partial charge in [-0.2, -0.15) is 0 Å². The maximum Gasteiger partial charge on any atom is 0.306 e. The lowest BCUT2D eigenvalue weighted by Gasteiger charge is -2.18. The first kappa shape index (κ1) is 71.8. The Labute approximate surface area is 465 Å². The van der Waals surface area contributed by atoms with E-state index in [0.29, 0.717) is 19.3 Å². The van der Waals surface area contributed by atoms with Crippen LogP contribution in [0.2, 0.25) is 0 Å². The fraction of sp³-hybridized carbons (Fsp3) is 0.783. The number of rotatable bonds is 59. The SMILES string of the molecule is CCCCC/C=C\C/C=C\C/C=C\CCCCCCCCC(=O)OC(COC(=O)CCCCCCC/C=C\CCCCCC)COC(=O)CCCCCCCCCCCCCCC/C=C\C/C=C\CCCCCCC. The molecule has 0 rings (SSSR count). The lowest BCUT2D eigenvalue weighted by molar-refractivity contribution is -0.167. The van der Waals surface area contributed by atoms with Gasteiger partial charge < -0.3 is 14.2 Å². The molecule has 1 atom stereocenters. The van der Waals surface area contributed by atoms with Gasteiger partial charge in [0.2, 0.25) is 0 Å². The van der Waals surface area contributed by atoms with E-state index in [0.717, 1.165) is 96.3 Å². The van der Waals surface area contributed by atoms with Gasteiger partial charge in [-0.25, -0.2) is 0 Å². The van der Waals surface area contributed by atoms with Gasteiger partial charge in [-0.05, 0) is 116 Å². The van der Waals surface area contributed by atoms with Gasteiger partial charge in [0, 0.05) is 19.3 Å². The Balaban J connectivity index is 4.31. The summed E-state index contributed by atoms with van der Waals surface area (Å²) in [6, 6.07) is 0. The third-order valence-corrected chi connectivity index (χ3v) is 14.2. The highest BCUT2D eigenvalue weighted by Gasteiger charge is 2.19. The second kappa shape index (κ2) is 63.4. The summed E-state index contributed by atoms with van der Waals surface area (Å²) in [5.74, 6) is -0.891. The van der Waals surface area contributed by atoms with Crippen molar-refractivity contribution in [2.75, 3.05) is 13.2 Å². The minimum absolute atomic E-state index is 0.0822. The molecule has 0 aromatic rings. The molecule has 0 N–H and O–H groups in total. The molecule has 6 nitrogen and oxygen atoms in total. The van der Waals surface area contributed by atoms with E-state index in [-0.39, 0.29) is 31.1 Å². The summed E-state index contributed by atoms with van der Waals surface area (Å²) < 4.78 is 16.9. The molecule has 0 fully saturated rings. The van der Waals surface area contributed by atoms with E-state index < -0.39 is 6.10 Å². The number of carbonyl (C=O) groups is 3. The van der Waals surface area contributed by atoms with Crippen molar-refractivity contribution in [3.05, 3.63) is 72.9 Å². The standard InChI is InChI=1S/C69H122O6/c1-4-7-10-13-16-19-22-25-27-29-31-32-33-34-35-36-38-39-41-44-47-50-53-56-59-62-68(71)74-65-66(64-73-67(70)61-58-55-52-49-46-43-24-21-18-15-12-9-6-3)75-69(72)63-60-57-54-51-48-45-42-40-37-30-28-26-23-20-17-14-11-8-5-2/h17,20-22,24-26,28-29,31,37,40,66H,4-16,18-19,23,27,30,32-36,38-39,41-65H2,1-3H3/b20-17-,24-21-,25-22-,28-26-,31-29-,40-37-. The van der Waals surface area contributed by atoms with E-state index in [1.807, 2.05) is 0 Å². The molecule has 1 unspecified atom stereocenters. The quantitative estimate of drug-likeness (QED) is 0.0261. The maximum atomic E-state index is 12.9. The Morgan fingerprint density at radius 1 is 0.267 bits per heavy atom. The molecule has 0 aliphatic heterocycles. The third-order valence-electron chi connectivity index (χ3n) is 14.2. The molecule has 0 aromatic heterocycles. The molecule has 434 valence electrons. The van der Waals surface area contributed by atoms with Gasteiger partial charge in [0.25, 0.3) is 0 Å². The van der Waals surface area contributed by atoms with E-state index in [1.54, 1.807) is 0 Å². The van der Waals surface area contributed by atoms with Crippen LogP contribution in [0.1, 0.15) is 329 Å². The maximum absolute atomic E-state index is 12.9. The Hall–Kier alpha value is -3.15. The van der Waals surface area contributed by atoms with E-state index in [4.69, 9.17) is 14.2 Å². The van der Waals surface area contributed by atoms with Gasteiger partial charge >= 0.3 is 17.9 Å². The fourth-order valence-corrected chi connectivity index (χ4v) is 9.24. The third kappa shape index (κ3) is 61.6. The van der Waals surface area contributed by atoms with Crippen molar-refractivity contribution in [1.82, 2.24) is 0 Å². The van der Waals surface area contributed by atoms with Crippen molar-refractivity contribution in [2.24, 2.45) is 0 Å². The lowest BCUT2D eigenvalue weighted by atomic mass is 10.0. The molecule has 0 saturated carbocycles. The minimum atomic E-state index is -0.787. The van der Waals surface area contributed by atoms with Crippen molar-refractivity contribution in [3.63, 3.8) is 0 Å². The number of esters is 3. The summed E-state index contributed by atoms with van der Waals surface area (Å²) in [6.07, 6.45) is 81.9. The Morgan fingerprint density at radius 2 is 0.480 bits per heavy atom. The molecular weight excluding hydrogens is 925 g/mol. The van der Waals surface area contributed by atoms with E-state index in [2.05, 4.69) is 93.7 Å². The zero-order valence-electron chi connectivity index (χ0n) is 49.8. The Morgan fingerprint density at radius 3 is 0.800 bits per heavy atom. The molecule has 6 heteroatoms. The van der Waals surface area contributed by atoms with E-state index in [9.17, 15) is 14.4 Å². The smallest absolute Gasteiger partial charge is 0.306 e. The normalized spacial score (nSPS) is 12.5. The number of hydrogen-bond donors (Lipinski definition) is 0.